The Hall–Kier alpha value is -2.07. The summed E-state index contributed by atoms with van der Waals surface area (Å²) in [7, 11) is 0. The van der Waals surface area contributed by atoms with Crippen LogP contribution in [-0.4, -0.2) is 30.3 Å². The minimum Gasteiger partial charge on any atom is -0.384 e. The molecule has 3 nitrogen and oxygen atoms in total. The molecule has 2 N–H and O–H groups in total. The summed E-state index contributed by atoms with van der Waals surface area (Å²) in [6.45, 7) is -2.00. The van der Waals surface area contributed by atoms with E-state index in [4.69, 9.17) is 5.11 Å². The summed E-state index contributed by atoms with van der Waals surface area (Å²) < 4.78 is 48.9. The molecule has 102 valence electrons. The number of aliphatic hydroxyl groups excluding tert-OH is 1. The summed E-state index contributed by atoms with van der Waals surface area (Å²) >= 11 is 0. The topological polar surface area (TPSA) is 49.3 Å². The fourth-order valence-electron chi connectivity index (χ4n) is 1.23. The molecule has 0 saturated heterocycles. The highest BCUT2D eigenvalue weighted by molar-refractivity contribution is 5.96. The second-order valence-corrected chi connectivity index (χ2v) is 3.45. The molecule has 1 aromatic carbocycles. The van der Waals surface area contributed by atoms with Crippen molar-refractivity contribution in [3.63, 3.8) is 0 Å². The van der Waals surface area contributed by atoms with Crippen molar-refractivity contribution >= 4 is 5.91 Å². The van der Waals surface area contributed by atoms with E-state index in [-0.39, 0.29) is 11.1 Å². The molecule has 0 heterocycles. The summed E-state index contributed by atoms with van der Waals surface area (Å²) in [6, 6.07) is 2.88. The molecule has 19 heavy (non-hydrogen) atoms. The Morgan fingerprint density at radius 3 is 2.63 bits per heavy atom. The normalized spacial score (nSPS) is 10.6. The molecule has 0 aliphatic rings. The van der Waals surface area contributed by atoms with Gasteiger partial charge in [-0.15, -0.1) is 0 Å². The van der Waals surface area contributed by atoms with Gasteiger partial charge in [-0.05, 0) is 18.2 Å². The molecular weight excluding hydrogens is 266 g/mol. The van der Waals surface area contributed by atoms with Gasteiger partial charge in [0, 0.05) is 5.56 Å². The molecule has 1 aromatic rings. The van der Waals surface area contributed by atoms with Gasteiger partial charge in [-0.25, -0.2) is 4.39 Å². The molecule has 0 fully saturated rings. The number of alkyl halides is 3. The van der Waals surface area contributed by atoms with E-state index in [9.17, 15) is 22.4 Å². The van der Waals surface area contributed by atoms with Gasteiger partial charge >= 0.3 is 6.18 Å². The van der Waals surface area contributed by atoms with Crippen LogP contribution in [-0.2, 0) is 0 Å². The lowest BCUT2D eigenvalue weighted by Crippen LogP contribution is -2.34. The molecule has 0 atom stereocenters. The van der Waals surface area contributed by atoms with Gasteiger partial charge in [-0.3, -0.25) is 4.79 Å². The number of carbonyl (C=O) groups excluding carboxylic acids is 1. The Morgan fingerprint density at radius 2 is 2.05 bits per heavy atom. The predicted molar refractivity (Wildman–Crippen MR) is 58.8 cm³/mol. The molecule has 0 unspecified atom stereocenters. The third-order valence-electron chi connectivity index (χ3n) is 1.98. The minimum absolute atomic E-state index is 0.0891. The number of nitrogens with one attached hydrogen (secondary N) is 1. The van der Waals surface area contributed by atoms with Crippen LogP contribution < -0.4 is 5.32 Å². The van der Waals surface area contributed by atoms with Gasteiger partial charge in [0.2, 0.25) is 0 Å². The summed E-state index contributed by atoms with van der Waals surface area (Å²) in [5, 5.41) is 10.2. The van der Waals surface area contributed by atoms with Crippen molar-refractivity contribution < 1.29 is 27.5 Å². The smallest absolute Gasteiger partial charge is 0.384 e. The van der Waals surface area contributed by atoms with E-state index in [1.54, 1.807) is 5.32 Å². The summed E-state index contributed by atoms with van der Waals surface area (Å²) in [5.41, 5.74) is -0.277. The maximum Gasteiger partial charge on any atom is 0.405 e. The number of rotatable bonds is 2. The fraction of sp³-hybridized carbons (Fsp3) is 0.250. The van der Waals surface area contributed by atoms with Crippen molar-refractivity contribution in [1.82, 2.24) is 5.32 Å². The zero-order valence-corrected chi connectivity index (χ0v) is 9.51. The Labute approximate surface area is 106 Å². The Bertz CT molecular complexity index is 529. The summed E-state index contributed by atoms with van der Waals surface area (Å²) in [4.78, 5) is 11.5. The fourth-order valence-corrected chi connectivity index (χ4v) is 1.23. The monoisotopic (exact) mass is 275 g/mol. The van der Waals surface area contributed by atoms with Gasteiger partial charge in [0.25, 0.3) is 5.91 Å². The molecular formula is C12H9F4NO2. The van der Waals surface area contributed by atoms with E-state index in [1.165, 1.54) is 0 Å². The third-order valence-corrected chi connectivity index (χ3v) is 1.98. The van der Waals surface area contributed by atoms with Crippen LogP contribution in [0.1, 0.15) is 15.9 Å². The lowest BCUT2D eigenvalue weighted by atomic mass is 10.1. The van der Waals surface area contributed by atoms with Gasteiger partial charge in [0.05, 0.1) is 5.56 Å². The quantitative estimate of drug-likeness (QED) is 0.634. The Kier molecular flexibility index (Phi) is 4.89. The zero-order chi connectivity index (χ0) is 14.5. The largest absolute Gasteiger partial charge is 0.405 e. The van der Waals surface area contributed by atoms with Crippen LogP contribution in [0.15, 0.2) is 18.2 Å². The van der Waals surface area contributed by atoms with E-state index in [2.05, 4.69) is 11.8 Å². The third kappa shape index (κ3) is 4.97. The number of hydrogen-bond acceptors (Lipinski definition) is 2. The average molecular weight is 275 g/mol. The van der Waals surface area contributed by atoms with Crippen molar-refractivity contribution in [3.8, 4) is 11.8 Å². The van der Waals surface area contributed by atoms with E-state index in [0.29, 0.717) is 0 Å². The Balaban J connectivity index is 2.96. The molecule has 1 rings (SSSR count). The van der Waals surface area contributed by atoms with Crippen LogP contribution in [0.4, 0.5) is 17.6 Å². The molecule has 0 spiro atoms. The number of benzene rings is 1. The lowest BCUT2D eigenvalue weighted by Gasteiger charge is -2.09. The molecule has 0 aliphatic heterocycles. The van der Waals surface area contributed by atoms with Gasteiger partial charge in [0.15, 0.2) is 0 Å². The Morgan fingerprint density at radius 1 is 1.37 bits per heavy atom. The summed E-state index contributed by atoms with van der Waals surface area (Å²) in [5.74, 6) is 2.80. The van der Waals surface area contributed by atoms with E-state index >= 15 is 0 Å². The average Bonchev–Trinajstić information content (AvgIpc) is 2.32. The van der Waals surface area contributed by atoms with Gasteiger partial charge in [-0.2, -0.15) is 13.2 Å². The number of amides is 1. The van der Waals surface area contributed by atoms with Crippen molar-refractivity contribution in [3.05, 3.63) is 35.1 Å². The standard InChI is InChI=1S/C12H9F4NO2/c13-9-3-4-10(8(6-9)2-1-5-18)11(19)17-7-12(14,15)16/h3-4,6,18H,5,7H2,(H,17,19). The van der Waals surface area contributed by atoms with Gasteiger partial charge < -0.3 is 10.4 Å². The first kappa shape index (κ1) is 15.0. The van der Waals surface area contributed by atoms with E-state index in [1.807, 2.05) is 0 Å². The maximum atomic E-state index is 13.0. The molecule has 7 heteroatoms. The van der Waals surface area contributed by atoms with Crippen LogP contribution in [0.3, 0.4) is 0 Å². The van der Waals surface area contributed by atoms with Crippen LogP contribution in [0, 0.1) is 17.7 Å². The molecule has 0 bridgehead atoms. The highest BCUT2D eigenvalue weighted by atomic mass is 19.4. The van der Waals surface area contributed by atoms with Crippen LogP contribution in [0.25, 0.3) is 0 Å². The lowest BCUT2D eigenvalue weighted by molar-refractivity contribution is -0.123. The second-order valence-electron chi connectivity index (χ2n) is 3.45. The molecule has 1 amide bonds. The predicted octanol–water partition coefficient (Wildman–Crippen LogP) is 1.46. The molecule has 0 aliphatic carbocycles. The van der Waals surface area contributed by atoms with E-state index < -0.39 is 31.1 Å². The van der Waals surface area contributed by atoms with Gasteiger partial charge in [0.1, 0.15) is 19.0 Å². The van der Waals surface area contributed by atoms with Crippen LogP contribution in [0.5, 0.6) is 0 Å². The summed E-state index contributed by atoms with van der Waals surface area (Å²) in [6.07, 6.45) is -4.54. The molecule has 0 aromatic heterocycles. The van der Waals surface area contributed by atoms with Crippen molar-refractivity contribution in [2.24, 2.45) is 0 Å². The van der Waals surface area contributed by atoms with Crippen molar-refractivity contribution in [2.75, 3.05) is 13.2 Å². The highest BCUT2D eigenvalue weighted by Crippen LogP contribution is 2.14. The first-order valence-electron chi connectivity index (χ1n) is 5.07. The zero-order valence-electron chi connectivity index (χ0n) is 9.51. The highest BCUT2D eigenvalue weighted by Gasteiger charge is 2.28. The first-order chi connectivity index (χ1) is 8.83. The van der Waals surface area contributed by atoms with Crippen molar-refractivity contribution in [1.29, 1.82) is 0 Å². The number of halogens is 4. The van der Waals surface area contributed by atoms with Gasteiger partial charge in [-0.1, -0.05) is 11.8 Å². The molecule has 0 saturated carbocycles. The number of hydrogen-bond donors (Lipinski definition) is 2. The van der Waals surface area contributed by atoms with Crippen LogP contribution in [0.2, 0.25) is 0 Å². The second kappa shape index (κ2) is 6.20. The van der Waals surface area contributed by atoms with Crippen molar-refractivity contribution in [2.45, 2.75) is 6.18 Å². The SMILES string of the molecule is O=C(NCC(F)(F)F)c1ccc(F)cc1C#CCO. The number of carbonyl (C=O) groups is 1. The minimum atomic E-state index is -4.54. The maximum absolute atomic E-state index is 13.0. The molecule has 0 radical (unpaired) electrons. The van der Waals surface area contributed by atoms with Crippen LogP contribution >= 0.6 is 0 Å². The van der Waals surface area contributed by atoms with E-state index in [0.717, 1.165) is 18.2 Å². The first-order valence-corrected chi connectivity index (χ1v) is 5.07. The number of aliphatic hydroxyl groups is 1.